The van der Waals surface area contributed by atoms with Crippen LogP contribution in [-0.2, 0) is 10.0 Å². The molecule has 0 spiro atoms. The van der Waals surface area contributed by atoms with Crippen LogP contribution in [0.2, 0.25) is 0 Å². The maximum atomic E-state index is 13.7. The lowest BCUT2D eigenvalue weighted by molar-refractivity contribution is 0.198. The Morgan fingerprint density at radius 3 is 2.65 bits per heavy atom. The largest absolute Gasteiger partial charge is 0.399 e. The number of rotatable bonds is 4. The standard InChI is InChI=1S/C10H15FN2O3S/c1-6-3-8(12)4-9(10(6)11)17(15,16)13-5-7(2)14/h3-4,7,13-14H,5,12H2,1-2H3/t7-/m0/s1. The molecule has 0 unspecified atom stereocenters. The van der Waals surface area contributed by atoms with Crippen molar-refractivity contribution >= 4 is 15.7 Å². The first-order valence-electron chi connectivity index (χ1n) is 4.97. The zero-order chi connectivity index (χ0) is 13.2. The van der Waals surface area contributed by atoms with Gasteiger partial charge in [0.1, 0.15) is 10.7 Å². The smallest absolute Gasteiger partial charge is 0.243 e. The number of nitrogens with two attached hydrogens (primary N) is 1. The number of halogens is 1. The minimum atomic E-state index is -4.00. The van der Waals surface area contributed by atoms with Gasteiger partial charge in [0.05, 0.1) is 6.10 Å². The second-order valence-electron chi connectivity index (χ2n) is 3.85. The van der Waals surface area contributed by atoms with Gasteiger partial charge in [0.2, 0.25) is 10.0 Å². The van der Waals surface area contributed by atoms with Crippen molar-refractivity contribution in [2.45, 2.75) is 24.8 Å². The third-order valence-corrected chi connectivity index (χ3v) is 3.52. The fourth-order valence-electron chi connectivity index (χ4n) is 1.27. The van der Waals surface area contributed by atoms with E-state index in [0.717, 1.165) is 6.07 Å². The monoisotopic (exact) mass is 262 g/mol. The molecule has 17 heavy (non-hydrogen) atoms. The summed E-state index contributed by atoms with van der Waals surface area (Å²) in [7, 11) is -4.00. The van der Waals surface area contributed by atoms with Gasteiger partial charge in [-0.05, 0) is 31.5 Å². The lowest BCUT2D eigenvalue weighted by Gasteiger charge is -2.11. The molecule has 1 aromatic carbocycles. The first-order chi connectivity index (χ1) is 7.74. The number of hydrogen-bond donors (Lipinski definition) is 3. The summed E-state index contributed by atoms with van der Waals surface area (Å²) in [5.74, 6) is -0.836. The predicted molar refractivity (Wildman–Crippen MR) is 62.4 cm³/mol. The van der Waals surface area contributed by atoms with Gasteiger partial charge in [-0.15, -0.1) is 0 Å². The van der Waals surface area contributed by atoms with Crippen molar-refractivity contribution in [1.82, 2.24) is 4.72 Å². The molecule has 4 N–H and O–H groups in total. The molecule has 0 bridgehead atoms. The number of nitrogen functional groups attached to an aromatic ring is 1. The van der Waals surface area contributed by atoms with Crippen LogP contribution < -0.4 is 10.5 Å². The van der Waals surface area contributed by atoms with E-state index < -0.39 is 26.8 Å². The van der Waals surface area contributed by atoms with Crippen LogP contribution >= 0.6 is 0 Å². The van der Waals surface area contributed by atoms with Crippen molar-refractivity contribution in [2.75, 3.05) is 12.3 Å². The first-order valence-corrected chi connectivity index (χ1v) is 6.45. The van der Waals surface area contributed by atoms with Crippen LogP contribution in [-0.4, -0.2) is 26.2 Å². The highest BCUT2D eigenvalue weighted by atomic mass is 32.2. The molecule has 0 saturated carbocycles. The fraction of sp³-hybridized carbons (Fsp3) is 0.400. The Morgan fingerprint density at radius 1 is 1.53 bits per heavy atom. The van der Waals surface area contributed by atoms with Crippen molar-refractivity contribution in [2.24, 2.45) is 0 Å². The van der Waals surface area contributed by atoms with Crippen molar-refractivity contribution in [1.29, 1.82) is 0 Å². The average Bonchev–Trinajstić information content (AvgIpc) is 2.20. The maximum Gasteiger partial charge on any atom is 0.243 e. The highest BCUT2D eigenvalue weighted by Gasteiger charge is 2.21. The van der Waals surface area contributed by atoms with Crippen LogP contribution in [0.1, 0.15) is 12.5 Å². The van der Waals surface area contributed by atoms with E-state index in [1.807, 2.05) is 0 Å². The predicted octanol–water partition coefficient (Wildman–Crippen LogP) is 0.375. The van der Waals surface area contributed by atoms with Crippen LogP contribution in [0.15, 0.2) is 17.0 Å². The fourth-order valence-corrected chi connectivity index (χ4v) is 2.57. The van der Waals surface area contributed by atoms with Crippen molar-refractivity contribution in [3.8, 4) is 0 Å². The second kappa shape index (κ2) is 4.99. The summed E-state index contributed by atoms with van der Waals surface area (Å²) >= 11 is 0. The molecule has 0 aromatic heterocycles. The number of aliphatic hydroxyl groups excluding tert-OH is 1. The lowest BCUT2D eigenvalue weighted by atomic mass is 10.2. The van der Waals surface area contributed by atoms with E-state index in [9.17, 15) is 12.8 Å². The molecular formula is C10H15FN2O3S. The molecule has 0 aliphatic heterocycles. The summed E-state index contributed by atoms with van der Waals surface area (Å²) in [4.78, 5) is -0.504. The van der Waals surface area contributed by atoms with Gasteiger partial charge >= 0.3 is 0 Å². The van der Waals surface area contributed by atoms with Crippen LogP contribution in [0, 0.1) is 12.7 Å². The highest BCUT2D eigenvalue weighted by molar-refractivity contribution is 7.89. The Bertz CT molecular complexity index is 515. The van der Waals surface area contributed by atoms with Crippen molar-refractivity contribution in [3.05, 3.63) is 23.5 Å². The molecule has 0 heterocycles. The summed E-state index contributed by atoms with van der Waals surface area (Å²) in [6.45, 7) is 2.67. The Kier molecular flexibility index (Phi) is 4.07. The molecule has 0 fully saturated rings. The molecule has 0 aliphatic rings. The first kappa shape index (κ1) is 13.9. The van der Waals surface area contributed by atoms with E-state index in [0.29, 0.717) is 0 Å². The van der Waals surface area contributed by atoms with Crippen LogP contribution in [0.3, 0.4) is 0 Å². The summed E-state index contributed by atoms with van der Waals surface area (Å²) in [6, 6.07) is 2.40. The Morgan fingerprint density at radius 2 is 2.12 bits per heavy atom. The molecule has 0 amide bonds. The molecule has 0 radical (unpaired) electrons. The number of benzene rings is 1. The van der Waals surface area contributed by atoms with Gasteiger partial charge in [-0.25, -0.2) is 17.5 Å². The SMILES string of the molecule is Cc1cc(N)cc(S(=O)(=O)NC[C@H](C)O)c1F. The summed E-state index contributed by atoms with van der Waals surface area (Å²) < 4.78 is 39.2. The van der Waals surface area contributed by atoms with Crippen molar-refractivity contribution in [3.63, 3.8) is 0 Å². The molecule has 0 aliphatic carbocycles. The Labute approximate surface area is 99.5 Å². The van der Waals surface area contributed by atoms with E-state index in [1.54, 1.807) is 0 Å². The lowest BCUT2D eigenvalue weighted by Crippen LogP contribution is -2.31. The minimum absolute atomic E-state index is 0.155. The van der Waals surface area contributed by atoms with E-state index in [-0.39, 0.29) is 17.8 Å². The minimum Gasteiger partial charge on any atom is -0.399 e. The third-order valence-electron chi connectivity index (χ3n) is 2.10. The molecule has 1 atom stereocenters. The Hall–Kier alpha value is -1.18. The van der Waals surface area contributed by atoms with Gasteiger partial charge in [-0.1, -0.05) is 0 Å². The second-order valence-corrected chi connectivity index (χ2v) is 5.59. The number of sulfonamides is 1. The zero-order valence-electron chi connectivity index (χ0n) is 9.57. The molecule has 96 valence electrons. The molecule has 5 nitrogen and oxygen atoms in total. The molecule has 1 rings (SSSR count). The van der Waals surface area contributed by atoms with Gasteiger partial charge < -0.3 is 10.8 Å². The molecule has 7 heteroatoms. The molecule has 0 saturated heterocycles. The van der Waals surface area contributed by atoms with Gasteiger partial charge in [0, 0.05) is 12.2 Å². The number of anilines is 1. The number of aryl methyl sites for hydroxylation is 1. The normalized spacial score (nSPS) is 13.6. The van der Waals surface area contributed by atoms with Gasteiger partial charge in [-0.2, -0.15) is 0 Å². The Balaban J connectivity index is 3.15. The van der Waals surface area contributed by atoms with Gasteiger partial charge in [0.15, 0.2) is 0 Å². The summed E-state index contributed by atoms with van der Waals surface area (Å²) in [6.07, 6.45) is -0.852. The topological polar surface area (TPSA) is 92.4 Å². The summed E-state index contributed by atoms with van der Waals surface area (Å²) in [5.41, 5.74) is 5.80. The van der Waals surface area contributed by atoms with Gasteiger partial charge in [-0.3, -0.25) is 0 Å². The third kappa shape index (κ3) is 3.39. The quantitative estimate of drug-likeness (QED) is 0.684. The van der Waals surface area contributed by atoms with Crippen molar-refractivity contribution < 1.29 is 17.9 Å². The van der Waals surface area contributed by atoms with Crippen LogP contribution in [0.25, 0.3) is 0 Å². The highest BCUT2D eigenvalue weighted by Crippen LogP contribution is 2.21. The average molecular weight is 262 g/mol. The van der Waals surface area contributed by atoms with E-state index >= 15 is 0 Å². The number of hydrogen-bond acceptors (Lipinski definition) is 4. The number of aliphatic hydroxyl groups is 1. The number of nitrogens with one attached hydrogen (secondary N) is 1. The van der Waals surface area contributed by atoms with E-state index in [4.69, 9.17) is 10.8 Å². The van der Waals surface area contributed by atoms with Crippen LogP contribution in [0.4, 0.5) is 10.1 Å². The van der Waals surface area contributed by atoms with E-state index in [2.05, 4.69) is 4.72 Å². The maximum absolute atomic E-state index is 13.7. The summed E-state index contributed by atoms with van der Waals surface area (Å²) in [5, 5.41) is 9.00. The van der Waals surface area contributed by atoms with E-state index in [1.165, 1.54) is 19.9 Å². The van der Waals surface area contributed by atoms with Crippen LogP contribution in [0.5, 0.6) is 0 Å². The molecular weight excluding hydrogens is 247 g/mol. The molecule has 1 aromatic rings. The zero-order valence-corrected chi connectivity index (χ0v) is 10.4. The van der Waals surface area contributed by atoms with Gasteiger partial charge in [0.25, 0.3) is 0 Å².